The summed E-state index contributed by atoms with van der Waals surface area (Å²) < 4.78 is 17.7. The van der Waals surface area contributed by atoms with E-state index in [0.29, 0.717) is 39.6 Å². The SMILES string of the molecule is C#CCOCCOCCOCCn1ccnc1. The summed E-state index contributed by atoms with van der Waals surface area (Å²) >= 11 is 0. The van der Waals surface area contributed by atoms with E-state index >= 15 is 0 Å². The smallest absolute Gasteiger partial charge is 0.107 e. The Bertz CT molecular complexity index is 306. The molecular weight excluding hydrogens is 220 g/mol. The van der Waals surface area contributed by atoms with Crippen molar-refractivity contribution < 1.29 is 14.2 Å². The summed E-state index contributed by atoms with van der Waals surface area (Å²) in [6, 6.07) is 0. The van der Waals surface area contributed by atoms with Crippen LogP contribution in [0.4, 0.5) is 0 Å². The van der Waals surface area contributed by atoms with Crippen LogP contribution in [0.1, 0.15) is 0 Å². The first-order chi connectivity index (χ1) is 8.43. The molecule has 94 valence electrons. The van der Waals surface area contributed by atoms with Gasteiger partial charge in [0.05, 0.1) is 39.4 Å². The second-order valence-corrected chi connectivity index (χ2v) is 3.28. The van der Waals surface area contributed by atoms with Crippen molar-refractivity contribution in [1.82, 2.24) is 9.55 Å². The van der Waals surface area contributed by atoms with E-state index in [4.69, 9.17) is 20.6 Å². The first-order valence-corrected chi connectivity index (χ1v) is 5.56. The number of ether oxygens (including phenoxy) is 3. The molecule has 0 aliphatic heterocycles. The van der Waals surface area contributed by atoms with Crippen LogP contribution in [-0.2, 0) is 20.8 Å². The molecule has 0 aliphatic carbocycles. The molecule has 1 heterocycles. The van der Waals surface area contributed by atoms with Crippen LogP contribution in [0.3, 0.4) is 0 Å². The van der Waals surface area contributed by atoms with Crippen LogP contribution in [0.5, 0.6) is 0 Å². The van der Waals surface area contributed by atoms with E-state index in [0.717, 1.165) is 6.54 Å². The molecule has 5 nitrogen and oxygen atoms in total. The number of imidazole rings is 1. The molecule has 0 atom stereocenters. The molecule has 5 heteroatoms. The molecule has 0 amide bonds. The Morgan fingerprint density at radius 3 is 2.41 bits per heavy atom. The lowest BCUT2D eigenvalue weighted by molar-refractivity contribution is 0.0187. The van der Waals surface area contributed by atoms with Gasteiger partial charge in [0.15, 0.2) is 0 Å². The molecule has 1 aromatic rings. The van der Waals surface area contributed by atoms with Gasteiger partial charge in [-0.2, -0.15) is 0 Å². The van der Waals surface area contributed by atoms with Crippen molar-refractivity contribution >= 4 is 0 Å². The first kappa shape index (κ1) is 13.7. The van der Waals surface area contributed by atoms with Crippen molar-refractivity contribution in [2.45, 2.75) is 6.54 Å². The van der Waals surface area contributed by atoms with Crippen LogP contribution in [-0.4, -0.2) is 49.2 Å². The highest BCUT2D eigenvalue weighted by molar-refractivity contribution is 4.82. The van der Waals surface area contributed by atoms with Gasteiger partial charge in [0.2, 0.25) is 0 Å². The van der Waals surface area contributed by atoms with Crippen LogP contribution < -0.4 is 0 Å². The molecule has 1 rings (SSSR count). The van der Waals surface area contributed by atoms with E-state index < -0.39 is 0 Å². The molecule has 0 saturated carbocycles. The lowest BCUT2D eigenvalue weighted by atomic mass is 10.6. The van der Waals surface area contributed by atoms with Gasteiger partial charge in [-0.25, -0.2) is 4.98 Å². The number of terminal acetylenes is 1. The fourth-order valence-electron chi connectivity index (χ4n) is 1.16. The van der Waals surface area contributed by atoms with E-state index in [1.165, 1.54) is 0 Å². The lowest BCUT2D eigenvalue weighted by Crippen LogP contribution is -2.11. The van der Waals surface area contributed by atoms with Crippen LogP contribution in [0, 0.1) is 12.3 Å². The zero-order valence-electron chi connectivity index (χ0n) is 9.88. The summed E-state index contributed by atoms with van der Waals surface area (Å²) in [6.45, 7) is 4.04. The molecular formula is C12H18N2O3. The van der Waals surface area contributed by atoms with Crippen molar-refractivity contribution in [2.24, 2.45) is 0 Å². The van der Waals surface area contributed by atoms with Crippen LogP contribution in [0.2, 0.25) is 0 Å². The molecule has 0 fully saturated rings. The minimum atomic E-state index is 0.338. The normalized spacial score (nSPS) is 10.3. The molecule has 0 radical (unpaired) electrons. The van der Waals surface area contributed by atoms with Gasteiger partial charge in [-0.1, -0.05) is 5.92 Å². The minimum absolute atomic E-state index is 0.338. The lowest BCUT2D eigenvalue weighted by Gasteiger charge is -2.06. The number of hydrogen-bond acceptors (Lipinski definition) is 4. The van der Waals surface area contributed by atoms with E-state index in [1.807, 2.05) is 10.8 Å². The molecule has 0 N–H and O–H groups in total. The summed E-state index contributed by atoms with van der Waals surface area (Å²) in [5, 5.41) is 0. The maximum atomic E-state index is 5.39. The van der Waals surface area contributed by atoms with Gasteiger partial charge in [0, 0.05) is 18.9 Å². The third-order valence-electron chi connectivity index (χ3n) is 1.98. The summed E-state index contributed by atoms with van der Waals surface area (Å²) in [7, 11) is 0. The van der Waals surface area contributed by atoms with Crippen molar-refractivity contribution in [3.8, 4) is 12.3 Å². The Kier molecular flexibility index (Phi) is 7.94. The average Bonchev–Trinajstić information content (AvgIpc) is 2.85. The van der Waals surface area contributed by atoms with Gasteiger partial charge in [-0.3, -0.25) is 0 Å². The zero-order chi connectivity index (χ0) is 12.2. The standard InChI is InChI=1S/C12H18N2O3/c1-2-6-15-8-10-17-11-9-16-7-5-14-4-3-13-12-14/h1,3-4,12H,5-11H2. The number of rotatable bonds is 10. The Morgan fingerprint density at radius 1 is 1.06 bits per heavy atom. The van der Waals surface area contributed by atoms with E-state index in [-0.39, 0.29) is 0 Å². The Morgan fingerprint density at radius 2 is 1.76 bits per heavy atom. The Balaban J connectivity index is 1.77. The maximum Gasteiger partial charge on any atom is 0.107 e. The van der Waals surface area contributed by atoms with Crippen molar-refractivity contribution in [1.29, 1.82) is 0 Å². The van der Waals surface area contributed by atoms with Crippen molar-refractivity contribution in [3.05, 3.63) is 18.7 Å². The second-order valence-electron chi connectivity index (χ2n) is 3.28. The highest BCUT2D eigenvalue weighted by atomic mass is 16.5. The predicted molar refractivity (Wildman–Crippen MR) is 63.5 cm³/mol. The molecule has 1 aromatic heterocycles. The average molecular weight is 238 g/mol. The summed E-state index contributed by atoms with van der Waals surface area (Å²) in [5.41, 5.74) is 0. The van der Waals surface area contributed by atoms with Gasteiger partial charge in [-0.05, 0) is 0 Å². The third kappa shape index (κ3) is 7.53. The molecule has 0 aromatic carbocycles. The summed E-state index contributed by atoms with van der Waals surface area (Å²) in [4.78, 5) is 3.94. The Labute approximate surface area is 102 Å². The number of hydrogen-bond donors (Lipinski definition) is 0. The molecule has 0 unspecified atom stereocenters. The van der Waals surface area contributed by atoms with Crippen molar-refractivity contribution in [2.75, 3.05) is 39.6 Å². The predicted octanol–water partition coefficient (Wildman–Crippen LogP) is 0.566. The van der Waals surface area contributed by atoms with Crippen LogP contribution >= 0.6 is 0 Å². The van der Waals surface area contributed by atoms with Gasteiger partial charge in [0.25, 0.3) is 0 Å². The summed E-state index contributed by atoms with van der Waals surface area (Å²) in [5.74, 6) is 2.39. The summed E-state index contributed by atoms with van der Waals surface area (Å²) in [6.07, 6.45) is 10.4. The molecule has 0 spiro atoms. The maximum absolute atomic E-state index is 5.39. The zero-order valence-corrected chi connectivity index (χ0v) is 9.88. The third-order valence-corrected chi connectivity index (χ3v) is 1.98. The quantitative estimate of drug-likeness (QED) is 0.441. The van der Waals surface area contributed by atoms with Crippen molar-refractivity contribution in [3.63, 3.8) is 0 Å². The second kappa shape index (κ2) is 9.85. The Hall–Kier alpha value is -1.35. The van der Waals surface area contributed by atoms with Crippen LogP contribution in [0.25, 0.3) is 0 Å². The molecule has 0 bridgehead atoms. The van der Waals surface area contributed by atoms with E-state index in [9.17, 15) is 0 Å². The van der Waals surface area contributed by atoms with Gasteiger partial charge < -0.3 is 18.8 Å². The van der Waals surface area contributed by atoms with E-state index in [1.54, 1.807) is 12.5 Å². The minimum Gasteiger partial charge on any atom is -0.377 e. The number of aromatic nitrogens is 2. The number of nitrogens with zero attached hydrogens (tertiary/aromatic N) is 2. The highest BCUT2D eigenvalue weighted by Crippen LogP contribution is 1.87. The fraction of sp³-hybridized carbons (Fsp3) is 0.583. The van der Waals surface area contributed by atoms with E-state index in [2.05, 4.69) is 10.9 Å². The molecule has 0 aliphatic rings. The van der Waals surface area contributed by atoms with Gasteiger partial charge >= 0.3 is 0 Å². The fourth-order valence-corrected chi connectivity index (χ4v) is 1.16. The van der Waals surface area contributed by atoms with Gasteiger partial charge in [-0.15, -0.1) is 6.42 Å². The first-order valence-electron chi connectivity index (χ1n) is 5.56. The topological polar surface area (TPSA) is 45.5 Å². The van der Waals surface area contributed by atoms with Gasteiger partial charge in [0.1, 0.15) is 6.61 Å². The molecule has 0 saturated heterocycles. The highest BCUT2D eigenvalue weighted by Gasteiger charge is 1.92. The monoisotopic (exact) mass is 238 g/mol. The largest absolute Gasteiger partial charge is 0.377 e. The van der Waals surface area contributed by atoms with Crippen LogP contribution in [0.15, 0.2) is 18.7 Å². The molecule has 17 heavy (non-hydrogen) atoms.